The number of nitrogens with one attached hydrogen (secondary N) is 1. The minimum Gasteiger partial charge on any atom is -0.368 e. The second kappa shape index (κ2) is 6.73. The zero-order valence-corrected chi connectivity index (χ0v) is 13.4. The molecule has 0 spiro atoms. The molecule has 0 saturated carbocycles. The van der Waals surface area contributed by atoms with Crippen LogP contribution in [0, 0.1) is 12.8 Å². The van der Waals surface area contributed by atoms with Gasteiger partial charge in [0.25, 0.3) is 5.89 Å². The van der Waals surface area contributed by atoms with Crippen LogP contribution in [0.4, 0.5) is 0 Å². The van der Waals surface area contributed by atoms with Crippen molar-refractivity contribution in [3.05, 3.63) is 40.8 Å². The van der Waals surface area contributed by atoms with Crippen molar-refractivity contribution in [3.63, 3.8) is 0 Å². The van der Waals surface area contributed by atoms with Crippen molar-refractivity contribution in [1.82, 2.24) is 20.4 Å². The van der Waals surface area contributed by atoms with E-state index in [2.05, 4.69) is 27.4 Å². The maximum absolute atomic E-state index is 5.86. The van der Waals surface area contributed by atoms with E-state index in [-0.39, 0.29) is 12.1 Å². The third kappa shape index (κ3) is 3.45. The number of rotatable bonds is 5. The van der Waals surface area contributed by atoms with Gasteiger partial charge >= 0.3 is 0 Å². The van der Waals surface area contributed by atoms with E-state index in [4.69, 9.17) is 20.9 Å². The van der Waals surface area contributed by atoms with Gasteiger partial charge < -0.3 is 14.6 Å². The Hall–Kier alpha value is -1.50. The molecule has 118 valence electrons. The summed E-state index contributed by atoms with van der Waals surface area (Å²) in [6.45, 7) is 5.41. The molecule has 6 nitrogen and oxygen atoms in total. The summed E-state index contributed by atoms with van der Waals surface area (Å²) in [5, 5.41) is 7.97. The van der Waals surface area contributed by atoms with Crippen LogP contribution < -0.4 is 5.32 Å². The topological polar surface area (TPSA) is 73.1 Å². The first-order valence-electron chi connectivity index (χ1n) is 7.40. The van der Waals surface area contributed by atoms with E-state index in [0.717, 1.165) is 18.7 Å². The Bertz CT molecular complexity index is 616. The summed E-state index contributed by atoms with van der Waals surface area (Å²) < 4.78 is 11.0. The van der Waals surface area contributed by atoms with Crippen molar-refractivity contribution in [3.8, 4) is 0 Å². The lowest BCUT2D eigenvalue weighted by Crippen LogP contribution is -2.28. The summed E-state index contributed by atoms with van der Waals surface area (Å²) in [4.78, 5) is 8.62. The third-order valence-corrected chi connectivity index (χ3v) is 4.10. The highest BCUT2D eigenvalue weighted by atomic mass is 35.5. The Labute approximate surface area is 134 Å². The molecule has 3 rings (SSSR count). The molecule has 1 saturated heterocycles. The van der Waals surface area contributed by atoms with E-state index < -0.39 is 0 Å². The van der Waals surface area contributed by atoms with Gasteiger partial charge in [0.2, 0.25) is 0 Å². The Morgan fingerprint density at radius 2 is 2.32 bits per heavy atom. The SMILES string of the molecule is Cc1noc([C@H]2OCC[C@H]2CNC(C)c2ccc(Cl)cn2)n1. The van der Waals surface area contributed by atoms with E-state index >= 15 is 0 Å². The first-order chi connectivity index (χ1) is 10.6. The Balaban J connectivity index is 1.59. The molecule has 22 heavy (non-hydrogen) atoms. The lowest BCUT2D eigenvalue weighted by atomic mass is 10.0. The van der Waals surface area contributed by atoms with Gasteiger partial charge in [-0.1, -0.05) is 16.8 Å². The van der Waals surface area contributed by atoms with Crippen molar-refractivity contribution in [2.45, 2.75) is 32.4 Å². The number of hydrogen-bond acceptors (Lipinski definition) is 6. The summed E-state index contributed by atoms with van der Waals surface area (Å²) in [5.74, 6) is 1.52. The highest BCUT2D eigenvalue weighted by Gasteiger charge is 2.33. The summed E-state index contributed by atoms with van der Waals surface area (Å²) in [7, 11) is 0. The van der Waals surface area contributed by atoms with E-state index in [1.165, 1.54) is 0 Å². The minimum atomic E-state index is -0.126. The maximum Gasteiger partial charge on any atom is 0.256 e. The van der Waals surface area contributed by atoms with E-state index in [0.29, 0.717) is 29.3 Å². The maximum atomic E-state index is 5.86. The molecule has 3 atom stereocenters. The molecular formula is C15H19ClN4O2. The van der Waals surface area contributed by atoms with Crippen LogP contribution in [0.3, 0.4) is 0 Å². The molecule has 0 amide bonds. The normalized spacial score (nSPS) is 22.9. The second-order valence-corrected chi connectivity index (χ2v) is 5.99. The minimum absolute atomic E-state index is 0.126. The van der Waals surface area contributed by atoms with Crippen molar-refractivity contribution in [2.75, 3.05) is 13.2 Å². The molecule has 2 aromatic rings. The third-order valence-electron chi connectivity index (χ3n) is 3.88. The van der Waals surface area contributed by atoms with Crippen LogP contribution in [-0.4, -0.2) is 28.3 Å². The Kier molecular flexibility index (Phi) is 4.71. The first kappa shape index (κ1) is 15.4. The van der Waals surface area contributed by atoms with Gasteiger partial charge in [-0.2, -0.15) is 4.98 Å². The average molecular weight is 323 g/mol. The summed E-state index contributed by atoms with van der Waals surface area (Å²) in [6, 6.07) is 3.93. The standard InChI is InChI=1S/C15H19ClN4O2/c1-9(13-4-3-12(16)8-18-13)17-7-11-5-6-21-14(11)15-19-10(2)20-22-15/h3-4,8-9,11,14,17H,5-7H2,1-2H3/t9?,11-,14-/m0/s1. The summed E-state index contributed by atoms with van der Waals surface area (Å²) in [6.07, 6.45) is 2.51. The van der Waals surface area contributed by atoms with Gasteiger partial charge in [-0.3, -0.25) is 4.98 Å². The van der Waals surface area contributed by atoms with Gasteiger partial charge in [-0.25, -0.2) is 0 Å². The molecule has 1 unspecified atom stereocenters. The zero-order valence-electron chi connectivity index (χ0n) is 12.6. The van der Waals surface area contributed by atoms with Crippen LogP contribution in [0.5, 0.6) is 0 Å². The molecule has 0 radical (unpaired) electrons. The molecule has 0 bridgehead atoms. The number of ether oxygens (including phenoxy) is 1. The summed E-state index contributed by atoms with van der Waals surface area (Å²) >= 11 is 5.86. The van der Waals surface area contributed by atoms with Gasteiger partial charge in [0.15, 0.2) is 5.82 Å². The predicted molar refractivity (Wildman–Crippen MR) is 81.5 cm³/mol. The molecule has 0 aliphatic carbocycles. The van der Waals surface area contributed by atoms with Crippen molar-refractivity contribution < 1.29 is 9.26 Å². The first-order valence-corrected chi connectivity index (χ1v) is 7.78. The molecule has 3 heterocycles. The van der Waals surface area contributed by atoms with E-state index in [9.17, 15) is 0 Å². The Morgan fingerprint density at radius 3 is 3.00 bits per heavy atom. The highest BCUT2D eigenvalue weighted by molar-refractivity contribution is 6.30. The van der Waals surface area contributed by atoms with Crippen molar-refractivity contribution in [1.29, 1.82) is 0 Å². The van der Waals surface area contributed by atoms with Crippen molar-refractivity contribution >= 4 is 11.6 Å². The lowest BCUT2D eigenvalue weighted by molar-refractivity contribution is 0.0619. The number of nitrogens with zero attached hydrogens (tertiary/aromatic N) is 3. The number of pyridine rings is 1. The second-order valence-electron chi connectivity index (χ2n) is 5.55. The van der Waals surface area contributed by atoms with Crippen LogP contribution in [-0.2, 0) is 4.74 Å². The number of halogens is 1. The molecule has 1 fully saturated rings. The van der Waals surface area contributed by atoms with Crippen LogP contribution >= 0.6 is 11.6 Å². The fraction of sp³-hybridized carbons (Fsp3) is 0.533. The smallest absolute Gasteiger partial charge is 0.256 e. The highest BCUT2D eigenvalue weighted by Crippen LogP contribution is 2.33. The van der Waals surface area contributed by atoms with E-state index in [1.54, 1.807) is 6.20 Å². The molecule has 1 N–H and O–H groups in total. The van der Waals surface area contributed by atoms with Gasteiger partial charge in [-0.05, 0) is 32.4 Å². The molecule has 1 aliphatic rings. The number of hydrogen-bond donors (Lipinski definition) is 1. The van der Waals surface area contributed by atoms with Crippen LogP contribution in [0.15, 0.2) is 22.9 Å². The monoisotopic (exact) mass is 322 g/mol. The van der Waals surface area contributed by atoms with Gasteiger partial charge in [0.05, 0.1) is 10.7 Å². The molecule has 2 aromatic heterocycles. The van der Waals surface area contributed by atoms with Crippen LogP contribution in [0.2, 0.25) is 5.02 Å². The summed E-state index contributed by atoms with van der Waals surface area (Å²) in [5.41, 5.74) is 0.966. The molecular weight excluding hydrogens is 304 g/mol. The molecule has 0 aromatic carbocycles. The van der Waals surface area contributed by atoms with Crippen LogP contribution in [0.25, 0.3) is 0 Å². The zero-order chi connectivity index (χ0) is 15.5. The predicted octanol–water partition coefficient (Wildman–Crippen LogP) is 2.85. The quantitative estimate of drug-likeness (QED) is 0.912. The fourth-order valence-electron chi connectivity index (χ4n) is 2.62. The number of aromatic nitrogens is 3. The van der Waals surface area contributed by atoms with Gasteiger partial charge in [0.1, 0.15) is 6.10 Å². The average Bonchev–Trinajstić information content (AvgIpc) is 3.14. The van der Waals surface area contributed by atoms with Gasteiger partial charge in [0, 0.05) is 31.3 Å². The van der Waals surface area contributed by atoms with Crippen molar-refractivity contribution in [2.24, 2.45) is 5.92 Å². The van der Waals surface area contributed by atoms with Gasteiger partial charge in [-0.15, -0.1) is 0 Å². The fourth-order valence-corrected chi connectivity index (χ4v) is 2.73. The largest absolute Gasteiger partial charge is 0.368 e. The van der Waals surface area contributed by atoms with Crippen LogP contribution in [0.1, 0.15) is 42.9 Å². The Morgan fingerprint density at radius 1 is 1.45 bits per heavy atom. The van der Waals surface area contributed by atoms with E-state index in [1.807, 2.05) is 19.1 Å². The molecule has 7 heteroatoms. The number of aryl methyl sites for hydroxylation is 1. The molecule has 1 aliphatic heterocycles. The lowest BCUT2D eigenvalue weighted by Gasteiger charge is -2.19.